The second-order valence-corrected chi connectivity index (χ2v) is 6.08. The summed E-state index contributed by atoms with van der Waals surface area (Å²) < 4.78 is 1.01. The number of anilines is 1. The van der Waals surface area contributed by atoms with E-state index in [0.29, 0.717) is 11.6 Å². The summed E-state index contributed by atoms with van der Waals surface area (Å²) in [5, 5.41) is 0.595. The Hall–Kier alpha value is -1.36. The number of nitrogens with zero attached hydrogens (tertiary/aromatic N) is 1. The Morgan fingerprint density at radius 2 is 1.90 bits per heavy atom. The standard InChI is InChI=1S/C15H12BrClN2O/c16-10-3-1-9(2-4-10)8-19-13-6-5-11(17)7-12(13)14(18)15(19)20/h1-7,14H,8,18H2. The third kappa shape index (κ3) is 2.35. The molecule has 0 saturated carbocycles. The number of fused-ring (bicyclic) bond motifs is 1. The van der Waals surface area contributed by atoms with Crippen molar-refractivity contribution in [2.45, 2.75) is 12.6 Å². The minimum atomic E-state index is -0.626. The molecule has 20 heavy (non-hydrogen) atoms. The summed E-state index contributed by atoms with van der Waals surface area (Å²) in [5.41, 5.74) is 8.66. The maximum absolute atomic E-state index is 12.3. The van der Waals surface area contributed by atoms with Crippen molar-refractivity contribution in [2.24, 2.45) is 5.73 Å². The van der Waals surface area contributed by atoms with Gasteiger partial charge in [-0.1, -0.05) is 39.7 Å². The fraction of sp³-hybridized carbons (Fsp3) is 0.133. The molecule has 0 bridgehead atoms. The molecule has 1 atom stereocenters. The number of benzene rings is 2. The molecule has 2 aromatic rings. The summed E-state index contributed by atoms with van der Waals surface area (Å²) in [7, 11) is 0. The molecule has 0 spiro atoms. The first-order valence-electron chi connectivity index (χ1n) is 6.17. The molecule has 2 aromatic carbocycles. The van der Waals surface area contributed by atoms with Crippen LogP contribution in [0.25, 0.3) is 0 Å². The highest BCUT2D eigenvalue weighted by Crippen LogP contribution is 2.37. The van der Waals surface area contributed by atoms with Crippen molar-refractivity contribution in [1.82, 2.24) is 0 Å². The number of hydrogen-bond donors (Lipinski definition) is 1. The molecule has 0 saturated heterocycles. The van der Waals surface area contributed by atoms with E-state index in [1.54, 1.807) is 17.0 Å². The van der Waals surface area contributed by atoms with E-state index in [1.807, 2.05) is 30.3 Å². The SMILES string of the molecule is NC1C(=O)N(Cc2ccc(Br)cc2)c2ccc(Cl)cc21. The Kier molecular flexibility index (Phi) is 3.54. The highest BCUT2D eigenvalue weighted by Gasteiger charge is 2.34. The van der Waals surface area contributed by atoms with E-state index in [1.165, 1.54) is 0 Å². The molecule has 1 aliphatic rings. The third-order valence-corrected chi connectivity index (χ3v) is 4.17. The third-order valence-electron chi connectivity index (χ3n) is 3.40. The van der Waals surface area contributed by atoms with Gasteiger partial charge in [0.15, 0.2) is 0 Å². The molecular weight excluding hydrogens is 340 g/mol. The highest BCUT2D eigenvalue weighted by molar-refractivity contribution is 9.10. The molecule has 1 heterocycles. The van der Waals surface area contributed by atoms with Gasteiger partial charge in [0.1, 0.15) is 6.04 Å². The summed E-state index contributed by atoms with van der Waals surface area (Å²) >= 11 is 9.37. The van der Waals surface area contributed by atoms with Crippen molar-refractivity contribution in [3.63, 3.8) is 0 Å². The van der Waals surface area contributed by atoms with Gasteiger partial charge in [-0.2, -0.15) is 0 Å². The normalized spacial score (nSPS) is 17.4. The molecule has 0 fully saturated rings. The molecule has 1 aliphatic heterocycles. The maximum atomic E-state index is 12.3. The number of amides is 1. The molecule has 1 amide bonds. The zero-order chi connectivity index (χ0) is 14.3. The zero-order valence-electron chi connectivity index (χ0n) is 10.5. The van der Waals surface area contributed by atoms with Crippen LogP contribution in [-0.4, -0.2) is 5.91 Å². The molecular formula is C15H12BrClN2O. The Bertz CT molecular complexity index is 672. The lowest BCUT2D eigenvalue weighted by Gasteiger charge is -2.17. The first-order chi connectivity index (χ1) is 9.56. The van der Waals surface area contributed by atoms with E-state index in [2.05, 4.69) is 15.9 Å². The fourth-order valence-corrected chi connectivity index (χ4v) is 2.82. The van der Waals surface area contributed by atoms with Crippen LogP contribution in [0.15, 0.2) is 46.9 Å². The summed E-state index contributed by atoms with van der Waals surface area (Å²) in [5.74, 6) is -0.0924. The Morgan fingerprint density at radius 3 is 2.60 bits per heavy atom. The first-order valence-corrected chi connectivity index (χ1v) is 7.34. The molecule has 3 rings (SSSR count). The highest BCUT2D eigenvalue weighted by atomic mass is 79.9. The monoisotopic (exact) mass is 350 g/mol. The Balaban J connectivity index is 1.95. The van der Waals surface area contributed by atoms with Gasteiger partial charge in [0.05, 0.1) is 6.54 Å². The lowest BCUT2D eigenvalue weighted by atomic mass is 10.1. The zero-order valence-corrected chi connectivity index (χ0v) is 12.9. The van der Waals surface area contributed by atoms with Crippen molar-refractivity contribution in [3.05, 3.63) is 63.1 Å². The van der Waals surface area contributed by atoms with Gasteiger partial charge >= 0.3 is 0 Å². The van der Waals surface area contributed by atoms with E-state index in [0.717, 1.165) is 21.3 Å². The number of hydrogen-bond acceptors (Lipinski definition) is 2. The molecule has 3 nitrogen and oxygen atoms in total. The van der Waals surface area contributed by atoms with E-state index in [-0.39, 0.29) is 5.91 Å². The predicted octanol–water partition coefficient (Wildman–Crippen LogP) is 3.65. The second kappa shape index (κ2) is 5.20. The van der Waals surface area contributed by atoms with E-state index >= 15 is 0 Å². The molecule has 1 unspecified atom stereocenters. The van der Waals surface area contributed by atoms with Gasteiger partial charge in [-0.25, -0.2) is 0 Å². The van der Waals surface area contributed by atoms with Gasteiger partial charge in [-0.15, -0.1) is 0 Å². The van der Waals surface area contributed by atoms with Crippen LogP contribution in [0.2, 0.25) is 5.02 Å². The summed E-state index contributed by atoms with van der Waals surface area (Å²) in [6, 6.07) is 12.6. The second-order valence-electron chi connectivity index (χ2n) is 4.73. The largest absolute Gasteiger partial charge is 0.316 e. The van der Waals surface area contributed by atoms with Crippen molar-refractivity contribution < 1.29 is 4.79 Å². The van der Waals surface area contributed by atoms with Gasteiger partial charge in [0.25, 0.3) is 0 Å². The average molecular weight is 352 g/mol. The fourth-order valence-electron chi connectivity index (χ4n) is 2.38. The van der Waals surface area contributed by atoms with Crippen molar-refractivity contribution >= 4 is 39.1 Å². The lowest BCUT2D eigenvalue weighted by Crippen LogP contribution is -2.31. The number of carbonyl (C=O) groups excluding carboxylic acids is 1. The minimum Gasteiger partial charge on any atom is -0.316 e. The molecule has 0 radical (unpaired) electrons. The number of rotatable bonds is 2. The van der Waals surface area contributed by atoms with Crippen LogP contribution in [0.4, 0.5) is 5.69 Å². The summed E-state index contributed by atoms with van der Waals surface area (Å²) in [6.45, 7) is 0.508. The summed E-state index contributed by atoms with van der Waals surface area (Å²) in [6.07, 6.45) is 0. The van der Waals surface area contributed by atoms with Gasteiger partial charge < -0.3 is 10.6 Å². The maximum Gasteiger partial charge on any atom is 0.248 e. The van der Waals surface area contributed by atoms with Crippen molar-refractivity contribution in [1.29, 1.82) is 0 Å². The van der Waals surface area contributed by atoms with Crippen LogP contribution in [0.3, 0.4) is 0 Å². The van der Waals surface area contributed by atoms with Crippen LogP contribution in [0.1, 0.15) is 17.2 Å². The molecule has 5 heteroatoms. The van der Waals surface area contributed by atoms with Crippen LogP contribution >= 0.6 is 27.5 Å². The van der Waals surface area contributed by atoms with E-state index < -0.39 is 6.04 Å². The smallest absolute Gasteiger partial charge is 0.248 e. The minimum absolute atomic E-state index is 0.0924. The van der Waals surface area contributed by atoms with Gasteiger partial charge in [0.2, 0.25) is 5.91 Å². The first kappa shape index (κ1) is 13.6. The number of halogens is 2. The molecule has 0 aromatic heterocycles. The van der Waals surface area contributed by atoms with Crippen LogP contribution in [0.5, 0.6) is 0 Å². The Morgan fingerprint density at radius 1 is 1.20 bits per heavy atom. The lowest BCUT2D eigenvalue weighted by molar-refractivity contribution is -0.119. The van der Waals surface area contributed by atoms with E-state index in [4.69, 9.17) is 17.3 Å². The van der Waals surface area contributed by atoms with Gasteiger partial charge in [-0.3, -0.25) is 4.79 Å². The molecule has 102 valence electrons. The topological polar surface area (TPSA) is 46.3 Å². The summed E-state index contributed by atoms with van der Waals surface area (Å²) in [4.78, 5) is 14.0. The van der Waals surface area contributed by atoms with E-state index in [9.17, 15) is 4.79 Å². The van der Waals surface area contributed by atoms with Crippen molar-refractivity contribution in [2.75, 3.05) is 4.90 Å². The molecule has 0 aliphatic carbocycles. The van der Waals surface area contributed by atoms with Gasteiger partial charge in [-0.05, 0) is 35.9 Å². The van der Waals surface area contributed by atoms with Crippen LogP contribution < -0.4 is 10.6 Å². The van der Waals surface area contributed by atoms with Gasteiger partial charge in [0, 0.05) is 20.7 Å². The van der Waals surface area contributed by atoms with Crippen LogP contribution in [-0.2, 0) is 11.3 Å². The quantitative estimate of drug-likeness (QED) is 0.897. The predicted molar refractivity (Wildman–Crippen MR) is 83.7 cm³/mol. The van der Waals surface area contributed by atoms with Crippen LogP contribution in [0, 0.1) is 0 Å². The number of carbonyl (C=O) groups is 1. The van der Waals surface area contributed by atoms with Crippen molar-refractivity contribution in [3.8, 4) is 0 Å². The number of nitrogens with two attached hydrogens (primary N) is 1. The Labute approximate surface area is 130 Å². The molecule has 2 N–H and O–H groups in total. The average Bonchev–Trinajstić information content (AvgIpc) is 2.66.